The molecule has 1 saturated carbocycles. The van der Waals surface area contributed by atoms with E-state index in [4.69, 9.17) is 5.73 Å². The van der Waals surface area contributed by atoms with E-state index in [2.05, 4.69) is 11.9 Å². The highest BCUT2D eigenvalue weighted by molar-refractivity contribution is 5.81. The van der Waals surface area contributed by atoms with Crippen molar-refractivity contribution in [3.05, 3.63) is 12.7 Å². The fraction of sp³-hybridized carbons (Fsp3) is 0.769. The molecule has 1 unspecified atom stereocenters. The van der Waals surface area contributed by atoms with Crippen molar-refractivity contribution in [2.75, 3.05) is 6.54 Å². The SMILES string of the molecule is C=CCC(N)C(=O)NCC1(O)CCCCCC1. The molecule has 1 rings (SSSR count). The van der Waals surface area contributed by atoms with Gasteiger partial charge in [0.2, 0.25) is 5.91 Å². The maximum Gasteiger partial charge on any atom is 0.237 e. The van der Waals surface area contributed by atoms with Crippen LogP contribution < -0.4 is 11.1 Å². The Bertz CT molecular complexity index is 258. The van der Waals surface area contributed by atoms with Gasteiger partial charge in [0.15, 0.2) is 0 Å². The van der Waals surface area contributed by atoms with E-state index in [0.29, 0.717) is 13.0 Å². The second-order valence-corrected chi connectivity index (χ2v) is 4.99. The fourth-order valence-corrected chi connectivity index (χ4v) is 2.23. The van der Waals surface area contributed by atoms with Crippen molar-refractivity contribution in [2.24, 2.45) is 5.73 Å². The zero-order valence-corrected chi connectivity index (χ0v) is 10.5. The molecule has 0 aliphatic heterocycles. The van der Waals surface area contributed by atoms with Gasteiger partial charge in [-0.3, -0.25) is 4.79 Å². The van der Waals surface area contributed by atoms with Gasteiger partial charge in [-0.25, -0.2) is 0 Å². The van der Waals surface area contributed by atoms with Gasteiger partial charge in [-0.2, -0.15) is 0 Å². The number of carbonyl (C=O) groups excluding carboxylic acids is 1. The lowest BCUT2D eigenvalue weighted by atomic mass is 9.94. The molecule has 0 saturated heterocycles. The van der Waals surface area contributed by atoms with Crippen molar-refractivity contribution in [3.8, 4) is 0 Å². The number of nitrogens with two attached hydrogens (primary N) is 1. The zero-order valence-electron chi connectivity index (χ0n) is 10.5. The molecule has 1 aliphatic carbocycles. The molecule has 4 nitrogen and oxygen atoms in total. The molecule has 4 N–H and O–H groups in total. The summed E-state index contributed by atoms with van der Waals surface area (Å²) in [5.41, 5.74) is 4.92. The van der Waals surface area contributed by atoms with E-state index >= 15 is 0 Å². The van der Waals surface area contributed by atoms with E-state index in [0.717, 1.165) is 25.7 Å². The van der Waals surface area contributed by atoms with Crippen molar-refractivity contribution in [3.63, 3.8) is 0 Å². The first-order chi connectivity index (χ1) is 8.07. The summed E-state index contributed by atoms with van der Waals surface area (Å²) >= 11 is 0. The largest absolute Gasteiger partial charge is 0.388 e. The third-order valence-electron chi connectivity index (χ3n) is 3.38. The van der Waals surface area contributed by atoms with Crippen molar-refractivity contribution >= 4 is 5.91 Å². The van der Waals surface area contributed by atoms with Gasteiger partial charge < -0.3 is 16.2 Å². The van der Waals surface area contributed by atoms with E-state index < -0.39 is 11.6 Å². The molecule has 0 heterocycles. The van der Waals surface area contributed by atoms with E-state index in [1.807, 2.05) is 0 Å². The van der Waals surface area contributed by atoms with Gasteiger partial charge in [0, 0.05) is 6.54 Å². The van der Waals surface area contributed by atoms with Crippen LogP contribution in [0.5, 0.6) is 0 Å². The third kappa shape index (κ3) is 4.88. The maximum atomic E-state index is 11.6. The number of amides is 1. The summed E-state index contributed by atoms with van der Waals surface area (Å²) in [6.07, 6.45) is 8.04. The van der Waals surface area contributed by atoms with Crippen LogP contribution in [0.2, 0.25) is 0 Å². The smallest absolute Gasteiger partial charge is 0.237 e. The summed E-state index contributed by atoms with van der Waals surface area (Å²) in [4.78, 5) is 11.6. The van der Waals surface area contributed by atoms with Crippen LogP contribution >= 0.6 is 0 Å². The molecule has 98 valence electrons. The van der Waals surface area contributed by atoms with Crippen molar-refractivity contribution in [1.82, 2.24) is 5.32 Å². The van der Waals surface area contributed by atoms with Crippen molar-refractivity contribution in [2.45, 2.75) is 56.6 Å². The number of hydrogen-bond donors (Lipinski definition) is 3. The van der Waals surface area contributed by atoms with Gasteiger partial charge >= 0.3 is 0 Å². The fourth-order valence-electron chi connectivity index (χ4n) is 2.23. The van der Waals surface area contributed by atoms with Gasteiger partial charge in [0.05, 0.1) is 11.6 Å². The minimum absolute atomic E-state index is 0.206. The lowest BCUT2D eigenvalue weighted by Gasteiger charge is -2.27. The minimum atomic E-state index is -0.736. The molecule has 4 heteroatoms. The number of hydrogen-bond acceptors (Lipinski definition) is 3. The Balaban J connectivity index is 2.37. The summed E-state index contributed by atoms with van der Waals surface area (Å²) in [6, 6.07) is -0.554. The molecular formula is C13H24N2O2. The summed E-state index contributed by atoms with van der Waals surface area (Å²) < 4.78 is 0. The third-order valence-corrected chi connectivity index (χ3v) is 3.38. The van der Waals surface area contributed by atoms with Gasteiger partial charge in [-0.1, -0.05) is 31.8 Å². The van der Waals surface area contributed by atoms with Crippen molar-refractivity contribution < 1.29 is 9.90 Å². The standard InChI is InChI=1S/C13H24N2O2/c1-2-7-11(14)12(16)15-10-13(17)8-5-3-4-6-9-13/h2,11,17H,1,3-10,14H2,(H,15,16). The zero-order chi connectivity index (χ0) is 12.7. The van der Waals surface area contributed by atoms with Crippen LogP contribution in [0.3, 0.4) is 0 Å². The molecule has 17 heavy (non-hydrogen) atoms. The van der Waals surface area contributed by atoms with E-state index in [-0.39, 0.29) is 5.91 Å². The van der Waals surface area contributed by atoms with Crippen LogP contribution in [0.1, 0.15) is 44.9 Å². The Kier molecular flexibility index (Phi) is 5.65. The van der Waals surface area contributed by atoms with Crippen LogP contribution in [0.25, 0.3) is 0 Å². The summed E-state index contributed by atoms with van der Waals surface area (Å²) in [6.45, 7) is 3.87. The summed E-state index contributed by atoms with van der Waals surface area (Å²) in [7, 11) is 0. The molecule has 1 fully saturated rings. The number of aliphatic hydroxyl groups is 1. The van der Waals surface area contributed by atoms with Gasteiger partial charge in [0.25, 0.3) is 0 Å². The maximum absolute atomic E-state index is 11.6. The topological polar surface area (TPSA) is 75.4 Å². The minimum Gasteiger partial charge on any atom is -0.388 e. The first kappa shape index (κ1) is 14.2. The molecule has 0 aromatic carbocycles. The molecule has 1 aliphatic rings. The highest BCUT2D eigenvalue weighted by Crippen LogP contribution is 2.26. The molecule has 1 atom stereocenters. The Morgan fingerprint density at radius 3 is 2.53 bits per heavy atom. The Hall–Kier alpha value is -0.870. The Morgan fingerprint density at radius 2 is 2.00 bits per heavy atom. The summed E-state index contributed by atoms with van der Waals surface area (Å²) in [5.74, 6) is -0.206. The van der Waals surface area contributed by atoms with Crippen LogP contribution in [0, 0.1) is 0 Å². The molecule has 0 aromatic heterocycles. The second-order valence-electron chi connectivity index (χ2n) is 4.99. The van der Waals surface area contributed by atoms with E-state index in [1.54, 1.807) is 6.08 Å². The first-order valence-corrected chi connectivity index (χ1v) is 6.44. The van der Waals surface area contributed by atoms with Crippen LogP contribution in [0.15, 0.2) is 12.7 Å². The van der Waals surface area contributed by atoms with Crippen LogP contribution in [-0.4, -0.2) is 29.2 Å². The summed E-state index contributed by atoms with van der Waals surface area (Å²) in [5, 5.41) is 13.1. The number of nitrogens with one attached hydrogen (secondary N) is 1. The second kappa shape index (κ2) is 6.77. The molecule has 0 spiro atoms. The van der Waals surface area contributed by atoms with Gasteiger partial charge in [-0.15, -0.1) is 6.58 Å². The molecule has 0 aromatic rings. The Labute approximate surface area is 103 Å². The van der Waals surface area contributed by atoms with E-state index in [9.17, 15) is 9.90 Å². The monoisotopic (exact) mass is 240 g/mol. The molecule has 1 amide bonds. The van der Waals surface area contributed by atoms with Crippen LogP contribution in [0.4, 0.5) is 0 Å². The predicted octanol–water partition coefficient (Wildman–Crippen LogP) is 1.09. The molecule has 0 bridgehead atoms. The lowest BCUT2D eigenvalue weighted by Crippen LogP contribution is -2.48. The van der Waals surface area contributed by atoms with Gasteiger partial charge in [0.1, 0.15) is 0 Å². The normalized spacial score (nSPS) is 21.3. The number of rotatable bonds is 5. The van der Waals surface area contributed by atoms with Crippen LogP contribution in [-0.2, 0) is 4.79 Å². The molecular weight excluding hydrogens is 216 g/mol. The van der Waals surface area contributed by atoms with Crippen molar-refractivity contribution in [1.29, 1.82) is 0 Å². The quantitative estimate of drug-likeness (QED) is 0.497. The average molecular weight is 240 g/mol. The first-order valence-electron chi connectivity index (χ1n) is 6.44. The highest BCUT2D eigenvalue weighted by Gasteiger charge is 2.28. The lowest BCUT2D eigenvalue weighted by molar-refractivity contribution is -0.123. The van der Waals surface area contributed by atoms with Gasteiger partial charge in [-0.05, 0) is 19.3 Å². The predicted molar refractivity (Wildman–Crippen MR) is 68.5 cm³/mol. The Morgan fingerprint density at radius 1 is 1.41 bits per heavy atom. The average Bonchev–Trinajstić information content (AvgIpc) is 2.52. The van der Waals surface area contributed by atoms with E-state index in [1.165, 1.54) is 12.8 Å². The number of carbonyl (C=O) groups is 1. The molecule has 0 radical (unpaired) electrons. The highest BCUT2D eigenvalue weighted by atomic mass is 16.3.